The van der Waals surface area contributed by atoms with Crippen molar-refractivity contribution in [3.8, 4) is 0 Å². The van der Waals surface area contributed by atoms with Gasteiger partial charge in [0.25, 0.3) is 5.91 Å². The third-order valence-electron chi connectivity index (χ3n) is 2.74. The predicted molar refractivity (Wildman–Crippen MR) is 73.5 cm³/mol. The molecule has 0 aliphatic rings. The molecule has 1 aromatic carbocycles. The summed E-state index contributed by atoms with van der Waals surface area (Å²) in [4.78, 5) is 22.6. The SMILES string of the molecule is C/C(C(=O)O)=C(/C)C(=O)Nc1cc(Br)c(F)cc1C. The second kappa shape index (κ2) is 5.97. The van der Waals surface area contributed by atoms with E-state index in [1.807, 2.05) is 0 Å². The molecule has 0 fully saturated rings. The Morgan fingerprint density at radius 3 is 2.37 bits per heavy atom. The molecule has 1 rings (SSSR count). The highest BCUT2D eigenvalue weighted by molar-refractivity contribution is 9.10. The number of carboxylic acids is 1. The molecule has 2 N–H and O–H groups in total. The first-order valence-corrected chi connectivity index (χ1v) is 6.21. The molecule has 0 aliphatic carbocycles. The summed E-state index contributed by atoms with van der Waals surface area (Å²) in [6.07, 6.45) is 0. The fraction of sp³-hybridized carbons (Fsp3) is 0.231. The summed E-state index contributed by atoms with van der Waals surface area (Å²) in [6.45, 7) is 4.42. The van der Waals surface area contributed by atoms with Crippen molar-refractivity contribution in [2.45, 2.75) is 20.8 Å². The number of halogens is 2. The van der Waals surface area contributed by atoms with Crippen LogP contribution in [0.3, 0.4) is 0 Å². The fourth-order valence-electron chi connectivity index (χ4n) is 1.33. The minimum atomic E-state index is -1.15. The first kappa shape index (κ1) is 15.4. The zero-order valence-corrected chi connectivity index (χ0v) is 12.3. The molecule has 0 saturated heterocycles. The van der Waals surface area contributed by atoms with Crippen LogP contribution < -0.4 is 5.32 Å². The molecule has 0 saturated carbocycles. The van der Waals surface area contributed by atoms with Crippen LogP contribution in [0.15, 0.2) is 27.8 Å². The van der Waals surface area contributed by atoms with Crippen LogP contribution in [-0.4, -0.2) is 17.0 Å². The average Bonchev–Trinajstić information content (AvgIpc) is 2.33. The number of carbonyl (C=O) groups excluding carboxylic acids is 1. The molecule has 0 bridgehead atoms. The smallest absolute Gasteiger partial charge is 0.331 e. The van der Waals surface area contributed by atoms with Gasteiger partial charge in [0.15, 0.2) is 0 Å². The van der Waals surface area contributed by atoms with Gasteiger partial charge in [-0.3, -0.25) is 4.79 Å². The zero-order valence-electron chi connectivity index (χ0n) is 10.7. The van der Waals surface area contributed by atoms with Gasteiger partial charge in [-0.15, -0.1) is 0 Å². The van der Waals surface area contributed by atoms with Crippen LogP contribution >= 0.6 is 15.9 Å². The van der Waals surface area contributed by atoms with Crippen molar-refractivity contribution in [3.63, 3.8) is 0 Å². The van der Waals surface area contributed by atoms with Gasteiger partial charge in [-0.1, -0.05) is 0 Å². The molecular formula is C13H13BrFNO3. The number of benzene rings is 1. The van der Waals surface area contributed by atoms with Crippen LogP contribution in [0.4, 0.5) is 10.1 Å². The number of amides is 1. The standard InChI is InChI=1S/C13H13BrFNO3/c1-6-4-10(15)9(14)5-11(6)16-12(17)7(2)8(3)13(18)19/h4-5H,1-3H3,(H,16,17)(H,18,19)/b8-7+. The van der Waals surface area contributed by atoms with Gasteiger partial charge >= 0.3 is 5.97 Å². The van der Waals surface area contributed by atoms with Gasteiger partial charge in [-0.05, 0) is 54.4 Å². The topological polar surface area (TPSA) is 66.4 Å². The van der Waals surface area contributed by atoms with Crippen LogP contribution in [0.1, 0.15) is 19.4 Å². The third-order valence-corrected chi connectivity index (χ3v) is 3.35. The number of aliphatic carboxylic acids is 1. The van der Waals surface area contributed by atoms with Gasteiger partial charge in [0.05, 0.1) is 4.47 Å². The maximum Gasteiger partial charge on any atom is 0.331 e. The highest BCUT2D eigenvalue weighted by Crippen LogP contribution is 2.24. The van der Waals surface area contributed by atoms with Gasteiger partial charge < -0.3 is 10.4 Å². The van der Waals surface area contributed by atoms with Crippen molar-refractivity contribution in [1.29, 1.82) is 0 Å². The van der Waals surface area contributed by atoms with E-state index in [0.717, 1.165) is 0 Å². The number of nitrogens with one attached hydrogen (secondary N) is 1. The summed E-state index contributed by atoms with van der Waals surface area (Å²) in [6, 6.07) is 2.72. The Morgan fingerprint density at radius 2 is 1.84 bits per heavy atom. The molecule has 0 unspecified atom stereocenters. The molecule has 6 heteroatoms. The van der Waals surface area contributed by atoms with Crippen LogP contribution in [0.2, 0.25) is 0 Å². The molecule has 0 aliphatic heterocycles. The Balaban J connectivity index is 3.05. The number of anilines is 1. The summed E-state index contributed by atoms with van der Waals surface area (Å²) in [5.41, 5.74) is 1.05. The first-order chi connectivity index (χ1) is 8.73. The molecule has 0 spiro atoms. The van der Waals surface area contributed by atoms with Crippen molar-refractivity contribution in [2.75, 3.05) is 5.32 Å². The first-order valence-electron chi connectivity index (χ1n) is 5.41. The number of carboxylic acid groups (broad SMARTS) is 1. The number of hydrogen-bond acceptors (Lipinski definition) is 2. The Bertz CT molecular complexity index is 581. The van der Waals surface area contributed by atoms with E-state index in [1.165, 1.54) is 26.0 Å². The minimum absolute atomic E-state index is 0.0312. The maximum atomic E-state index is 13.2. The van der Waals surface area contributed by atoms with E-state index in [2.05, 4.69) is 21.2 Å². The second-order valence-corrected chi connectivity index (χ2v) is 4.94. The van der Waals surface area contributed by atoms with E-state index in [-0.39, 0.29) is 15.6 Å². The van der Waals surface area contributed by atoms with Gasteiger partial charge in [0.2, 0.25) is 0 Å². The van der Waals surface area contributed by atoms with E-state index in [9.17, 15) is 14.0 Å². The molecule has 1 aromatic rings. The third kappa shape index (κ3) is 3.64. The van der Waals surface area contributed by atoms with Crippen LogP contribution in [-0.2, 0) is 9.59 Å². The summed E-state index contributed by atoms with van der Waals surface area (Å²) in [5, 5.41) is 11.4. The molecule has 0 aromatic heterocycles. The molecule has 0 heterocycles. The lowest BCUT2D eigenvalue weighted by Gasteiger charge is -2.10. The van der Waals surface area contributed by atoms with Gasteiger partial charge in [-0.2, -0.15) is 0 Å². The fourth-order valence-corrected chi connectivity index (χ4v) is 1.67. The van der Waals surface area contributed by atoms with Crippen molar-refractivity contribution >= 4 is 33.5 Å². The summed E-state index contributed by atoms with van der Waals surface area (Å²) >= 11 is 3.03. The van der Waals surface area contributed by atoms with E-state index in [0.29, 0.717) is 11.3 Å². The zero-order chi connectivity index (χ0) is 14.7. The molecule has 19 heavy (non-hydrogen) atoms. The van der Waals surface area contributed by atoms with Crippen molar-refractivity contribution in [2.24, 2.45) is 0 Å². The molecule has 0 atom stereocenters. The second-order valence-electron chi connectivity index (χ2n) is 4.09. The molecule has 4 nitrogen and oxygen atoms in total. The number of hydrogen-bond donors (Lipinski definition) is 2. The molecular weight excluding hydrogens is 317 g/mol. The minimum Gasteiger partial charge on any atom is -0.478 e. The van der Waals surface area contributed by atoms with Gasteiger partial charge in [0, 0.05) is 16.8 Å². The molecule has 0 radical (unpaired) electrons. The lowest BCUT2D eigenvalue weighted by molar-refractivity contribution is -0.133. The summed E-state index contributed by atoms with van der Waals surface area (Å²) in [7, 11) is 0. The van der Waals surface area contributed by atoms with Gasteiger partial charge in [-0.25, -0.2) is 9.18 Å². The normalized spacial score (nSPS) is 11.8. The quantitative estimate of drug-likeness (QED) is 0.836. The highest BCUT2D eigenvalue weighted by atomic mass is 79.9. The molecule has 1 amide bonds. The Labute approximate surface area is 118 Å². The van der Waals surface area contributed by atoms with E-state index < -0.39 is 17.7 Å². The van der Waals surface area contributed by atoms with Crippen LogP contribution in [0.25, 0.3) is 0 Å². The van der Waals surface area contributed by atoms with Crippen molar-refractivity contribution in [1.82, 2.24) is 0 Å². The predicted octanol–water partition coefficient (Wildman–Crippen LogP) is 3.26. The summed E-state index contributed by atoms with van der Waals surface area (Å²) in [5.74, 6) is -2.10. The lowest BCUT2D eigenvalue weighted by atomic mass is 10.1. The highest BCUT2D eigenvalue weighted by Gasteiger charge is 2.14. The summed E-state index contributed by atoms with van der Waals surface area (Å²) < 4.78 is 13.5. The Morgan fingerprint density at radius 1 is 1.26 bits per heavy atom. The number of carbonyl (C=O) groups is 2. The van der Waals surface area contributed by atoms with Crippen molar-refractivity contribution < 1.29 is 19.1 Å². The Hall–Kier alpha value is -1.69. The lowest BCUT2D eigenvalue weighted by Crippen LogP contribution is -2.17. The Kier molecular flexibility index (Phi) is 4.83. The maximum absolute atomic E-state index is 13.2. The largest absolute Gasteiger partial charge is 0.478 e. The average molecular weight is 330 g/mol. The number of aryl methyl sites for hydroxylation is 1. The van der Waals surface area contributed by atoms with Crippen LogP contribution in [0.5, 0.6) is 0 Å². The van der Waals surface area contributed by atoms with E-state index >= 15 is 0 Å². The van der Waals surface area contributed by atoms with E-state index in [1.54, 1.807) is 6.92 Å². The van der Waals surface area contributed by atoms with Gasteiger partial charge in [0.1, 0.15) is 5.82 Å². The van der Waals surface area contributed by atoms with Crippen molar-refractivity contribution in [3.05, 3.63) is 39.1 Å². The van der Waals surface area contributed by atoms with Crippen LogP contribution in [0, 0.1) is 12.7 Å². The number of rotatable bonds is 3. The van der Waals surface area contributed by atoms with E-state index in [4.69, 9.17) is 5.11 Å². The molecule has 102 valence electrons. The monoisotopic (exact) mass is 329 g/mol.